The van der Waals surface area contributed by atoms with Gasteiger partial charge in [0.1, 0.15) is 11.3 Å². The van der Waals surface area contributed by atoms with Crippen LogP contribution in [0.15, 0.2) is 51.5 Å². The van der Waals surface area contributed by atoms with Crippen molar-refractivity contribution in [2.75, 3.05) is 6.61 Å². The summed E-state index contributed by atoms with van der Waals surface area (Å²) >= 11 is 3.54. The van der Waals surface area contributed by atoms with E-state index in [0.29, 0.717) is 24.2 Å². The number of esters is 1. The third-order valence-electron chi connectivity index (χ3n) is 4.67. The zero-order chi connectivity index (χ0) is 19.1. The van der Waals surface area contributed by atoms with Crippen LogP contribution in [-0.4, -0.2) is 18.4 Å². The first-order chi connectivity index (χ1) is 12.2. The smallest absolute Gasteiger partial charge is 0.340 e. The molecule has 0 spiro atoms. The molecule has 1 aromatic rings. The minimum atomic E-state index is -0.600. The minimum absolute atomic E-state index is 0.00783. The third-order valence-corrected chi connectivity index (χ3v) is 5.39. The average molecular weight is 420 g/mol. The fraction of sp³-hybridized carbons (Fsp3) is 0.400. The highest BCUT2D eigenvalue weighted by atomic mass is 79.9. The van der Waals surface area contributed by atoms with Crippen molar-refractivity contribution in [3.8, 4) is 0 Å². The Labute approximate surface area is 161 Å². The van der Waals surface area contributed by atoms with Crippen molar-refractivity contribution in [2.45, 2.75) is 39.5 Å². The molecule has 138 valence electrons. The average Bonchev–Trinajstić information content (AvgIpc) is 2.53. The van der Waals surface area contributed by atoms with Crippen LogP contribution in [-0.2, 0) is 19.1 Å². The number of rotatable bonds is 3. The molecule has 1 aromatic carbocycles. The second-order valence-corrected chi connectivity index (χ2v) is 8.19. The number of ketones is 1. The molecule has 3 rings (SSSR count). The summed E-state index contributed by atoms with van der Waals surface area (Å²) in [6.07, 6.45) is 0.984. The topological polar surface area (TPSA) is 78.6 Å². The zero-order valence-electron chi connectivity index (χ0n) is 15.1. The first-order valence-electron chi connectivity index (χ1n) is 8.60. The predicted molar refractivity (Wildman–Crippen MR) is 101 cm³/mol. The summed E-state index contributed by atoms with van der Waals surface area (Å²) < 4.78 is 11.8. The standard InChI is InChI=1S/C20H22BrNO4/c1-4-25-19(24)17-15(11-7-5-6-8-12(11)21)16-13(23)9-20(2,3)10-14(16)26-18(17)22/h5-8,15H,4,9-10,22H2,1-3H3/t15-/m0/s1. The van der Waals surface area contributed by atoms with E-state index in [1.165, 1.54) is 0 Å². The van der Waals surface area contributed by atoms with Gasteiger partial charge in [0.05, 0.1) is 12.5 Å². The van der Waals surface area contributed by atoms with Crippen LogP contribution in [0.25, 0.3) is 0 Å². The molecule has 5 nitrogen and oxygen atoms in total. The van der Waals surface area contributed by atoms with Crippen molar-refractivity contribution in [3.05, 3.63) is 57.1 Å². The van der Waals surface area contributed by atoms with E-state index in [1.807, 2.05) is 38.1 Å². The Morgan fingerprint density at radius 2 is 2.04 bits per heavy atom. The van der Waals surface area contributed by atoms with Gasteiger partial charge in [-0.25, -0.2) is 4.79 Å². The van der Waals surface area contributed by atoms with Crippen molar-refractivity contribution in [1.29, 1.82) is 0 Å². The van der Waals surface area contributed by atoms with Crippen LogP contribution in [0.5, 0.6) is 0 Å². The molecule has 2 N–H and O–H groups in total. The second-order valence-electron chi connectivity index (χ2n) is 7.33. The first-order valence-corrected chi connectivity index (χ1v) is 9.39. The number of benzene rings is 1. The van der Waals surface area contributed by atoms with Crippen LogP contribution in [0.3, 0.4) is 0 Å². The van der Waals surface area contributed by atoms with E-state index in [0.717, 1.165) is 10.0 Å². The lowest BCUT2D eigenvalue weighted by molar-refractivity contribution is -0.139. The number of carbonyl (C=O) groups excluding carboxylic acids is 2. The normalized spacial score (nSPS) is 22.0. The van der Waals surface area contributed by atoms with Gasteiger partial charge in [0, 0.05) is 22.9 Å². The van der Waals surface area contributed by atoms with E-state index in [2.05, 4.69) is 15.9 Å². The molecule has 0 radical (unpaired) electrons. The summed E-state index contributed by atoms with van der Waals surface area (Å²) in [5.74, 6) is -0.621. The molecule has 2 aliphatic rings. The lowest BCUT2D eigenvalue weighted by Crippen LogP contribution is -2.35. The Morgan fingerprint density at radius 3 is 2.69 bits per heavy atom. The molecular formula is C20H22BrNO4. The molecule has 1 aliphatic carbocycles. The van der Waals surface area contributed by atoms with Gasteiger partial charge in [0.2, 0.25) is 5.88 Å². The minimum Gasteiger partial charge on any atom is -0.462 e. The van der Waals surface area contributed by atoms with Crippen molar-refractivity contribution in [3.63, 3.8) is 0 Å². The van der Waals surface area contributed by atoms with Crippen LogP contribution < -0.4 is 5.73 Å². The number of Topliss-reactive ketones (excluding diaryl/α,β-unsaturated/α-hetero) is 1. The van der Waals surface area contributed by atoms with Gasteiger partial charge in [-0.3, -0.25) is 4.79 Å². The summed E-state index contributed by atoms with van der Waals surface area (Å²) in [5, 5.41) is 0. The Kier molecular flexibility index (Phi) is 4.97. The van der Waals surface area contributed by atoms with E-state index < -0.39 is 11.9 Å². The molecule has 1 aliphatic heterocycles. The molecule has 1 heterocycles. The van der Waals surface area contributed by atoms with Crippen LogP contribution in [0, 0.1) is 5.41 Å². The molecule has 0 bridgehead atoms. The molecule has 0 unspecified atom stereocenters. The SMILES string of the molecule is CCOC(=O)C1=C(N)OC2=C(C(=O)CC(C)(C)C2)[C@@H]1c1ccccc1Br. The van der Waals surface area contributed by atoms with E-state index in [-0.39, 0.29) is 29.3 Å². The highest BCUT2D eigenvalue weighted by Gasteiger charge is 2.45. The quantitative estimate of drug-likeness (QED) is 0.750. The summed E-state index contributed by atoms with van der Waals surface area (Å²) in [6, 6.07) is 7.50. The largest absolute Gasteiger partial charge is 0.462 e. The van der Waals surface area contributed by atoms with Gasteiger partial charge < -0.3 is 15.2 Å². The summed E-state index contributed by atoms with van der Waals surface area (Å²) in [6.45, 7) is 5.98. The molecule has 0 saturated carbocycles. The number of ether oxygens (including phenoxy) is 2. The Hall–Kier alpha value is -2.08. The number of hydrogen-bond acceptors (Lipinski definition) is 5. The van der Waals surface area contributed by atoms with Gasteiger partial charge in [-0.05, 0) is 24.0 Å². The van der Waals surface area contributed by atoms with Crippen LogP contribution in [0.2, 0.25) is 0 Å². The number of nitrogens with two attached hydrogens (primary N) is 1. The summed E-state index contributed by atoms with van der Waals surface area (Å²) in [5.41, 5.74) is 7.40. The van der Waals surface area contributed by atoms with Gasteiger partial charge >= 0.3 is 5.97 Å². The molecule has 1 atom stereocenters. The van der Waals surface area contributed by atoms with Gasteiger partial charge in [-0.15, -0.1) is 0 Å². The number of allylic oxidation sites excluding steroid dienone is 2. The Morgan fingerprint density at radius 1 is 1.35 bits per heavy atom. The van der Waals surface area contributed by atoms with Gasteiger partial charge in [-0.1, -0.05) is 48.0 Å². The van der Waals surface area contributed by atoms with E-state index in [9.17, 15) is 9.59 Å². The maximum atomic E-state index is 13.0. The van der Waals surface area contributed by atoms with E-state index in [4.69, 9.17) is 15.2 Å². The highest BCUT2D eigenvalue weighted by molar-refractivity contribution is 9.10. The molecule has 0 amide bonds. The molecule has 0 aromatic heterocycles. The van der Waals surface area contributed by atoms with Crippen molar-refractivity contribution in [1.82, 2.24) is 0 Å². The number of hydrogen-bond donors (Lipinski definition) is 1. The van der Waals surface area contributed by atoms with Crippen molar-refractivity contribution in [2.24, 2.45) is 11.1 Å². The Balaban J connectivity index is 2.21. The van der Waals surface area contributed by atoms with Crippen molar-refractivity contribution >= 4 is 27.7 Å². The first kappa shape index (κ1) is 18.7. The van der Waals surface area contributed by atoms with Gasteiger partial charge in [-0.2, -0.15) is 0 Å². The summed E-state index contributed by atoms with van der Waals surface area (Å²) in [7, 11) is 0. The molecule has 26 heavy (non-hydrogen) atoms. The number of halogens is 1. The van der Waals surface area contributed by atoms with Gasteiger partial charge in [0.15, 0.2) is 5.78 Å². The molecule has 0 fully saturated rings. The maximum absolute atomic E-state index is 13.0. The predicted octanol–water partition coefficient (Wildman–Crippen LogP) is 3.94. The summed E-state index contributed by atoms with van der Waals surface area (Å²) in [4.78, 5) is 25.6. The highest BCUT2D eigenvalue weighted by Crippen LogP contribution is 2.49. The number of carbonyl (C=O) groups is 2. The lowest BCUT2D eigenvalue weighted by Gasteiger charge is -2.38. The monoisotopic (exact) mass is 419 g/mol. The van der Waals surface area contributed by atoms with E-state index in [1.54, 1.807) is 6.92 Å². The van der Waals surface area contributed by atoms with Crippen LogP contribution in [0.4, 0.5) is 0 Å². The Bertz CT molecular complexity index is 838. The van der Waals surface area contributed by atoms with E-state index >= 15 is 0 Å². The van der Waals surface area contributed by atoms with Crippen molar-refractivity contribution < 1.29 is 19.1 Å². The molecular weight excluding hydrogens is 398 g/mol. The third kappa shape index (κ3) is 3.30. The lowest BCUT2D eigenvalue weighted by atomic mass is 9.70. The van der Waals surface area contributed by atoms with Crippen LogP contribution >= 0.6 is 15.9 Å². The van der Waals surface area contributed by atoms with Gasteiger partial charge in [0.25, 0.3) is 0 Å². The zero-order valence-corrected chi connectivity index (χ0v) is 16.7. The fourth-order valence-electron chi connectivity index (χ4n) is 3.61. The maximum Gasteiger partial charge on any atom is 0.340 e. The molecule has 0 saturated heterocycles. The molecule has 6 heteroatoms. The second kappa shape index (κ2) is 6.91. The fourth-order valence-corrected chi connectivity index (χ4v) is 4.13. The van der Waals surface area contributed by atoms with Crippen LogP contribution in [0.1, 0.15) is 45.1 Å².